The van der Waals surface area contributed by atoms with E-state index in [1.54, 1.807) is 12.1 Å². The highest BCUT2D eigenvalue weighted by Crippen LogP contribution is 2.27. The lowest BCUT2D eigenvalue weighted by molar-refractivity contribution is -0.384. The van der Waals surface area contributed by atoms with Gasteiger partial charge in [0.25, 0.3) is 5.69 Å². The number of nitrogens with one attached hydrogen (secondary N) is 1. The fraction of sp³-hybridized carbons (Fsp3) is 0.571. The van der Waals surface area contributed by atoms with Crippen molar-refractivity contribution < 1.29 is 4.92 Å². The summed E-state index contributed by atoms with van der Waals surface area (Å²) in [5, 5.41) is 11.0. The molecule has 1 heterocycles. The van der Waals surface area contributed by atoms with E-state index in [1.165, 1.54) is 19.3 Å². The van der Waals surface area contributed by atoms with E-state index in [0.29, 0.717) is 5.69 Å². The Labute approximate surface area is 119 Å². The van der Waals surface area contributed by atoms with E-state index in [4.69, 9.17) is 5.84 Å². The normalized spacial score (nSPS) is 19.2. The van der Waals surface area contributed by atoms with Gasteiger partial charge in [0.2, 0.25) is 0 Å². The average Bonchev–Trinajstić information content (AvgIpc) is 2.86. The Balaban J connectivity index is 2.03. The van der Waals surface area contributed by atoms with Gasteiger partial charge in [-0.3, -0.25) is 20.9 Å². The third-order valence-corrected chi connectivity index (χ3v) is 3.89. The minimum absolute atomic E-state index is 0.0364. The van der Waals surface area contributed by atoms with Crippen LogP contribution in [-0.2, 0) is 6.54 Å². The highest BCUT2D eigenvalue weighted by atomic mass is 16.6. The Kier molecular flexibility index (Phi) is 4.92. The number of nitro groups is 1. The molecule has 0 radical (unpaired) electrons. The molecule has 0 bridgehead atoms. The maximum atomic E-state index is 11.0. The van der Waals surface area contributed by atoms with Crippen molar-refractivity contribution in [3.63, 3.8) is 0 Å². The van der Waals surface area contributed by atoms with Crippen LogP contribution in [0.15, 0.2) is 18.2 Å². The molecule has 6 heteroatoms. The molecule has 1 aliphatic rings. The molecule has 2 rings (SSSR count). The van der Waals surface area contributed by atoms with Crippen LogP contribution in [0.5, 0.6) is 0 Å². The molecule has 1 aliphatic heterocycles. The lowest BCUT2D eigenvalue weighted by atomic mass is 10.0. The minimum Gasteiger partial charge on any atom is -0.318 e. The van der Waals surface area contributed by atoms with E-state index < -0.39 is 4.92 Å². The van der Waals surface area contributed by atoms with Gasteiger partial charge < -0.3 is 5.43 Å². The SMILES string of the molecule is CCCC1CCN(Cc2ccc(NN)c([N+](=O)[O-])c2)C1. The number of anilines is 1. The van der Waals surface area contributed by atoms with Gasteiger partial charge in [-0.25, -0.2) is 0 Å². The predicted octanol–water partition coefficient (Wildman–Crippen LogP) is 2.50. The number of nitro benzene ring substituents is 1. The van der Waals surface area contributed by atoms with Gasteiger partial charge in [0.05, 0.1) is 4.92 Å². The number of hydrazine groups is 1. The number of hydrogen-bond acceptors (Lipinski definition) is 5. The van der Waals surface area contributed by atoms with E-state index >= 15 is 0 Å². The Hall–Kier alpha value is -1.66. The molecular formula is C14H22N4O2. The van der Waals surface area contributed by atoms with Crippen LogP contribution in [0, 0.1) is 16.0 Å². The van der Waals surface area contributed by atoms with E-state index in [2.05, 4.69) is 17.2 Å². The summed E-state index contributed by atoms with van der Waals surface area (Å²) in [6.07, 6.45) is 3.73. The van der Waals surface area contributed by atoms with Gasteiger partial charge in [-0.05, 0) is 36.9 Å². The van der Waals surface area contributed by atoms with Crippen molar-refractivity contribution >= 4 is 11.4 Å². The van der Waals surface area contributed by atoms with E-state index in [1.807, 2.05) is 6.07 Å². The van der Waals surface area contributed by atoms with Gasteiger partial charge in [0, 0.05) is 19.2 Å². The number of rotatable bonds is 6. The van der Waals surface area contributed by atoms with Crippen LogP contribution >= 0.6 is 0 Å². The Morgan fingerprint density at radius 3 is 3.00 bits per heavy atom. The largest absolute Gasteiger partial charge is 0.318 e. The molecule has 3 N–H and O–H groups in total. The first-order chi connectivity index (χ1) is 9.63. The van der Waals surface area contributed by atoms with E-state index in [-0.39, 0.29) is 5.69 Å². The fourth-order valence-corrected chi connectivity index (χ4v) is 2.91. The zero-order valence-corrected chi connectivity index (χ0v) is 11.8. The molecule has 0 aliphatic carbocycles. The van der Waals surface area contributed by atoms with Gasteiger partial charge in [0.1, 0.15) is 5.69 Å². The summed E-state index contributed by atoms with van der Waals surface area (Å²) in [6, 6.07) is 5.19. The van der Waals surface area contributed by atoms with Crippen molar-refractivity contribution in [2.75, 3.05) is 18.5 Å². The maximum absolute atomic E-state index is 11.0. The zero-order valence-electron chi connectivity index (χ0n) is 11.8. The van der Waals surface area contributed by atoms with Gasteiger partial charge in [-0.2, -0.15) is 0 Å². The van der Waals surface area contributed by atoms with Crippen molar-refractivity contribution in [2.45, 2.75) is 32.7 Å². The Bertz CT molecular complexity index is 478. The first kappa shape index (κ1) is 14.7. The molecule has 1 saturated heterocycles. The predicted molar refractivity (Wildman–Crippen MR) is 79.2 cm³/mol. The summed E-state index contributed by atoms with van der Waals surface area (Å²) in [5.41, 5.74) is 3.72. The van der Waals surface area contributed by atoms with Gasteiger partial charge in [0.15, 0.2) is 0 Å². The number of hydrogen-bond donors (Lipinski definition) is 2. The second-order valence-corrected chi connectivity index (χ2v) is 5.43. The van der Waals surface area contributed by atoms with Crippen molar-refractivity contribution in [3.8, 4) is 0 Å². The average molecular weight is 278 g/mol. The third kappa shape index (κ3) is 3.46. The Morgan fingerprint density at radius 2 is 2.35 bits per heavy atom. The molecule has 1 fully saturated rings. The fourth-order valence-electron chi connectivity index (χ4n) is 2.91. The molecule has 0 amide bonds. The molecule has 1 aromatic carbocycles. The summed E-state index contributed by atoms with van der Waals surface area (Å²) < 4.78 is 0. The smallest absolute Gasteiger partial charge is 0.293 e. The van der Waals surface area contributed by atoms with Crippen molar-refractivity contribution in [3.05, 3.63) is 33.9 Å². The molecule has 0 aromatic heterocycles. The lowest BCUT2D eigenvalue weighted by Gasteiger charge is -2.16. The van der Waals surface area contributed by atoms with Crippen LogP contribution in [0.25, 0.3) is 0 Å². The number of nitrogens with two attached hydrogens (primary N) is 1. The molecular weight excluding hydrogens is 256 g/mol. The van der Waals surface area contributed by atoms with Crippen LogP contribution in [0.4, 0.5) is 11.4 Å². The van der Waals surface area contributed by atoms with Crippen LogP contribution < -0.4 is 11.3 Å². The summed E-state index contributed by atoms with van der Waals surface area (Å²) in [6.45, 7) is 5.16. The van der Waals surface area contributed by atoms with Crippen molar-refractivity contribution in [1.82, 2.24) is 4.90 Å². The summed E-state index contributed by atoms with van der Waals surface area (Å²) >= 11 is 0. The maximum Gasteiger partial charge on any atom is 0.293 e. The molecule has 20 heavy (non-hydrogen) atoms. The Morgan fingerprint density at radius 1 is 1.55 bits per heavy atom. The van der Waals surface area contributed by atoms with Gasteiger partial charge >= 0.3 is 0 Å². The zero-order chi connectivity index (χ0) is 14.5. The van der Waals surface area contributed by atoms with E-state index in [0.717, 1.165) is 31.1 Å². The van der Waals surface area contributed by atoms with Crippen LogP contribution in [0.1, 0.15) is 31.7 Å². The number of likely N-dealkylation sites (tertiary alicyclic amines) is 1. The first-order valence-electron chi connectivity index (χ1n) is 7.10. The lowest BCUT2D eigenvalue weighted by Crippen LogP contribution is -2.20. The quantitative estimate of drug-likeness (QED) is 0.474. The monoisotopic (exact) mass is 278 g/mol. The van der Waals surface area contributed by atoms with E-state index in [9.17, 15) is 10.1 Å². The molecule has 1 aromatic rings. The summed E-state index contributed by atoms with van der Waals surface area (Å²) in [7, 11) is 0. The summed E-state index contributed by atoms with van der Waals surface area (Å²) in [4.78, 5) is 13.0. The molecule has 1 unspecified atom stereocenters. The van der Waals surface area contributed by atoms with Crippen molar-refractivity contribution in [2.24, 2.45) is 11.8 Å². The molecule has 0 spiro atoms. The number of benzene rings is 1. The second kappa shape index (κ2) is 6.67. The topological polar surface area (TPSA) is 84.4 Å². The molecule has 6 nitrogen and oxygen atoms in total. The molecule has 1 atom stereocenters. The minimum atomic E-state index is -0.400. The van der Waals surface area contributed by atoms with Crippen molar-refractivity contribution in [1.29, 1.82) is 0 Å². The first-order valence-corrected chi connectivity index (χ1v) is 7.10. The third-order valence-electron chi connectivity index (χ3n) is 3.89. The highest BCUT2D eigenvalue weighted by molar-refractivity contribution is 5.61. The standard InChI is InChI=1S/C14H22N4O2/c1-2-3-11-6-7-17(9-11)10-12-4-5-13(16-15)14(8-12)18(19)20/h4-5,8,11,16H,2-3,6-7,9-10,15H2,1H3. The van der Waals surface area contributed by atoms with Crippen LogP contribution in [0.3, 0.4) is 0 Å². The number of nitrogens with zero attached hydrogens (tertiary/aromatic N) is 2. The van der Waals surface area contributed by atoms with Gasteiger partial charge in [-0.1, -0.05) is 19.4 Å². The summed E-state index contributed by atoms with van der Waals surface area (Å²) in [5.74, 6) is 6.07. The molecule has 110 valence electrons. The second-order valence-electron chi connectivity index (χ2n) is 5.43. The van der Waals surface area contributed by atoms with Crippen LogP contribution in [-0.4, -0.2) is 22.9 Å². The van der Waals surface area contributed by atoms with Gasteiger partial charge in [-0.15, -0.1) is 0 Å². The van der Waals surface area contributed by atoms with Crippen LogP contribution in [0.2, 0.25) is 0 Å². The highest BCUT2D eigenvalue weighted by Gasteiger charge is 2.22. The molecule has 0 saturated carbocycles. The number of nitrogen functional groups attached to an aromatic ring is 1.